The fourth-order valence-corrected chi connectivity index (χ4v) is 4.31. The molecule has 0 spiro atoms. The van der Waals surface area contributed by atoms with Gasteiger partial charge in [0.1, 0.15) is 7.92 Å². The van der Waals surface area contributed by atoms with E-state index in [-0.39, 0.29) is 16.6 Å². The van der Waals surface area contributed by atoms with E-state index in [1.165, 1.54) is 0 Å². The Hall–Kier alpha value is -0.560. The van der Waals surface area contributed by atoms with Gasteiger partial charge >= 0.3 is 0 Å². The Bertz CT molecular complexity index is 287. The second-order valence-corrected chi connectivity index (χ2v) is 8.06. The predicted molar refractivity (Wildman–Crippen MR) is 94.4 cm³/mol. The van der Waals surface area contributed by atoms with Crippen LogP contribution in [0.3, 0.4) is 0 Å². The van der Waals surface area contributed by atoms with Crippen molar-refractivity contribution in [1.29, 1.82) is 0 Å². The summed E-state index contributed by atoms with van der Waals surface area (Å²) in [6.45, 7) is 6.25. The molecule has 128 valence electrons. The van der Waals surface area contributed by atoms with Crippen molar-refractivity contribution >= 4 is 24.5 Å². The van der Waals surface area contributed by atoms with Crippen molar-refractivity contribution in [2.24, 2.45) is 0 Å². The lowest BCUT2D eigenvalue weighted by Crippen LogP contribution is -2.13. The highest BCUT2D eigenvalue weighted by Crippen LogP contribution is 2.43. The summed E-state index contributed by atoms with van der Waals surface area (Å²) >= 11 is 0. The second kappa shape index (κ2) is 14.1. The molecule has 0 unspecified atom stereocenters. The van der Waals surface area contributed by atoms with E-state index in [1.807, 2.05) is 0 Å². The SMILES string of the molecule is CCCCCC(=O)P(C(=O)CCCCC)C(=O)CCCCC. The second-order valence-electron chi connectivity index (χ2n) is 5.89. The van der Waals surface area contributed by atoms with E-state index in [2.05, 4.69) is 20.8 Å². The van der Waals surface area contributed by atoms with Crippen LogP contribution >= 0.6 is 7.92 Å². The summed E-state index contributed by atoms with van der Waals surface area (Å²) in [7, 11) is -1.71. The molecular weight excluding hydrogens is 295 g/mol. The van der Waals surface area contributed by atoms with Gasteiger partial charge in [0.25, 0.3) is 0 Å². The van der Waals surface area contributed by atoms with Crippen LogP contribution < -0.4 is 0 Å². The Morgan fingerprint density at radius 3 is 1.05 bits per heavy atom. The third-order valence-electron chi connectivity index (χ3n) is 3.73. The highest BCUT2D eigenvalue weighted by Gasteiger charge is 2.31. The van der Waals surface area contributed by atoms with Gasteiger partial charge in [-0.3, -0.25) is 14.4 Å². The van der Waals surface area contributed by atoms with Crippen LogP contribution in [0.2, 0.25) is 0 Å². The van der Waals surface area contributed by atoms with E-state index >= 15 is 0 Å². The Balaban J connectivity index is 4.62. The third-order valence-corrected chi connectivity index (χ3v) is 5.90. The Morgan fingerprint density at radius 2 is 0.818 bits per heavy atom. The van der Waals surface area contributed by atoms with Crippen LogP contribution in [0.1, 0.15) is 97.8 Å². The standard InChI is InChI=1S/C18H33O3P/c1-4-7-10-13-16(19)22(17(20)14-11-8-5-2)18(21)15-12-9-6-3/h4-15H2,1-3H3. The van der Waals surface area contributed by atoms with Gasteiger partial charge < -0.3 is 0 Å². The number of hydrogen-bond donors (Lipinski definition) is 0. The smallest absolute Gasteiger partial charge is 0.169 e. The lowest BCUT2D eigenvalue weighted by molar-refractivity contribution is -0.116. The highest BCUT2D eigenvalue weighted by molar-refractivity contribution is 8.01. The van der Waals surface area contributed by atoms with Crippen molar-refractivity contribution < 1.29 is 14.4 Å². The van der Waals surface area contributed by atoms with E-state index in [0.29, 0.717) is 19.3 Å². The fourth-order valence-electron chi connectivity index (χ4n) is 2.33. The van der Waals surface area contributed by atoms with Crippen molar-refractivity contribution in [3.05, 3.63) is 0 Å². The van der Waals surface area contributed by atoms with Gasteiger partial charge in [-0.05, 0) is 19.3 Å². The molecule has 0 amide bonds. The molecule has 0 aromatic heterocycles. The Kier molecular flexibility index (Phi) is 13.7. The molecule has 0 saturated carbocycles. The number of hydrogen-bond acceptors (Lipinski definition) is 3. The summed E-state index contributed by atoms with van der Waals surface area (Å²) in [4.78, 5) is 37.1. The van der Waals surface area contributed by atoms with E-state index < -0.39 is 7.92 Å². The van der Waals surface area contributed by atoms with Crippen LogP contribution in [-0.4, -0.2) is 16.6 Å². The van der Waals surface area contributed by atoms with Gasteiger partial charge in [-0.2, -0.15) is 0 Å². The maximum absolute atomic E-state index is 12.4. The lowest BCUT2D eigenvalue weighted by Gasteiger charge is -2.14. The lowest BCUT2D eigenvalue weighted by atomic mass is 10.2. The first-order chi connectivity index (χ1) is 10.6. The topological polar surface area (TPSA) is 51.2 Å². The van der Waals surface area contributed by atoms with Gasteiger partial charge in [-0.15, -0.1) is 0 Å². The average Bonchev–Trinajstić information content (AvgIpc) is 2.48. The summed E-state index contributed by atoms with van der Waals surface area (Å²) in [5, 5.41) is 0. The molecular formula is C18H33O3P. The molecule has 0 aromatic rings. The van der Waals surface area contributed by atoms with E-state index in [1.54, 1.807) is 0 Å². The molecule has 0 radical (unpaired) electrons. The molecule has 0 aliphatic heterocycles. The number of carbonyl (C=O) groups excluding carboxylic acids is 3. The van der Waals surface area contributed by atoms with Gasteiger partial charge in [0.15, 0.2) is 16.6 Å². The number of carbonyl (C=O) groups is 3. The first kappa shape index (κ1) is 21.4. The molecule has 4 heteroatoms. The van der Waals surface area contributed by atoms with Crippen molar-refractivity contribution in [2.75, 3.05) is 0 Å². The average molecular weight is 328 g/mol. The van der Waals surface area contributed by atoms with Crippen LogP contribution in [0.5, 0.6) is 0 Å². The normalized spacial score (nSPS) is 10.9. The maximum Gasteiger partial charge on any atom is 0.169 e. The van der Waals surface area contributed by atoms with Crippen molar-refractivity contribution in [3.63, 3.8) is 0 Å². The summed E-state index contributed by atoms with van der Waals surface area (Å²) in [6, 6.07) is 0. The molecule has 3 nitrogen and oxygen atoms in total. The minimum Gasteiger partial charge on any atom is -0.294 e. The third kappa shape index (κ3) is 9.46. The Morgan fingerprint density at radius 1 is 0.545 bits per heavy atom. The molecule has 0 saturated heterocycles. The molecule has 0 aliphatic carbocycles. The summed E-state index contributed by atoms with van der Waals surface area (Å²) in [5.41, 5.74) is -0.232. The van der Waals surface area contributed by atoms with Crippen LogP contribution in [0.25, 0.3) is 0 Å². The molecule has 0 aliphatic rings. The van der Waals surface area contributed by atoms with Gasteiger partial charge in [-0.1, -0.05) is 59.3 Å². The van der Waals surface area contributed by atoms with Crippen LogP contribution in [0.4, 0.5) is 0 Å². The van der Waals surface area contributed by atoms with E-state index in [9.17, 15) is 14.4 Å². The van der Waals surface area contributed by atoms with Gasteiger partial charge in [0, 0.05) is 19.3 Å². The van der Waals surface area contributed by atoms with Gasteiger partial charge in [0.05, 0.1) is 0 Å². The van der Waals surface area contributed by atoms with Crippen LogP contribution in [-0.2, 0) is 14.4 Å². The zero-order valence-corrected chi connectivity index (χ0v) is 15.6. The minimum absolute atomic E-state index is 0.0774. The van der Waals surface area contributed by atoms with Crippen LogP contribution in [0, 0.1) is 0 Å². The summed E-state index contributed by atoms with van der Waals surface area (Å²) < 4.78 is 0. The van der Waals surface area contributed by atoms with Crippen molar-refractivity contribution in [3.8, 4) is 0 Å². The van der Waals surface area contributed by atoms with E-state index in [0.717, 1.165) is 57.8 Å². The zero-order valence-electron chi connectivity index (χ0n) is 14.7. The maximum atomic E-state index is 12.4. The van der Waals surface area contributed by atoms with Crippen LogP contribution in [0.15, 0.2) is 0 Å². The highest BCUT2D eigenvalue weighted by atomic mass is 31.1. The monoisotopic (exact) mass is 328 g/mol. The predicted octanol–water partition coefficient (Wildman–Crippen LogP) is 5.79. The molecule has 0 heterocycles. The number of rotatable bonds is 15. The molecule has 0 fully saturated rings. The fraction of sp³-hybridized carbons (Fsp3) is 0.833. The molecule has 0 aromatic carbocycles. The van der Waals surface area contributed by atoms with E-state index in [4.69, 9.17) is 0 Å². The molecule has 0 rings (SSSR count). The van der Waals surface area contributed by atoms with Crippen molar-refractivity contribution in [2.45, 2.75) is 97.8 Å². The first-order valence-electron chi connectivity index (χ1n) is 8.97. The quantitative estimate of drug-likeness (QED) is 0.282. The zero-order chi connectivity index (χ0) is 16.8. The minimum atomic E-state index is -1.71. The molecule has 0 atom stereocenters. The molecule has 22 heavy (non-hydrogen) atoms. The summed E-state index contributed by atoms with van der Waals surface area (Å²) in [5.74, 6) is 0. The first-order valence-corrected chi connectivity index (χ1v) is 10.3. The molecule has 0 N–H and O–H groups in total. The summed E-state index contributed by atoms with van der Waals surface area (Å²) in [6.07, 6.45) is 9.71. The van der Waals surface area contributed by atoms with Gasteiger partial charge in [0.2, 0.25) is 0 Å². The van der Waals surface area contributed by atoms with Crippen molar-refractivity contribution in [1.82, 2.24) is 0 Å². The Labute approximate surface area is 137 Å². The molecule has 0 bridgehead atoms. The largest absolute Gasteiger partial charge is 0.294 e. The number of unbranched alkanes of at least 4 members (excludes halogenated alkanes) is 6. The van der Waals surface area contributed by atoms with Gasteiger partial charge in [-0.25, -0.2) is 0 Å².